The Morgan fingerprint density at radius 1 is 1.22 bits per heavy atom. The van der Waals surface area contributed by atoms with Crippen LogP contribution in [0.2, 0.25) is 5.15 Å². The molecule has 0 spiro atoms. The van der Waals surface area contributed by atoms with Crippen LogP contribution in [0.1, 0.15) is 34.5 Å². The molecule has 0 bridgehead atoms. The van der Waals surface area contributed by atoms with Crippen molar-refractivity contribution >= 4 is 17.5 Å². The van der Waals surface area contributed by atoms with Gasteiger partial charge in [-0.05, 0) is 43.8 Å². The summed E-state index contributed by atoms with van der Waals surface area (Å²) in [6.45, 7) is 2.67. The molecule has 1 aromatic heterocycles. The summed E-state index contributed by atoms with van der Waals surface area (Å²) in [4.78, 5) is 18.2. The highest BCUT2D eigenvalue weighted by atomic mass is 35.5. The normalized spacial score (nSPS) is 12.2. The number of hydrogen-bond acceptors (Lipinski definition) is 3. The minimum Gasteiger partial charge on any atom is -0.350 e. The van der Waals surface area contributed by atoms with E-state index in [4.69, 9.17) is 11.6 Å². The lowest BCUT2D eigenvalue weighted by molar-refractivity contribution is 0.0941. The number of nitrogens with one attached hydrogen (secondary N) is 1. The van der Waals surface area contributed by atoms with Crippen molar-refractivity contribution in [2.75, 3.05) is 20.6 Å². The molecule has 1 N–H and O–H groups in total. The molecule has 1 aromatic carbocycles. The predicted octanol–water partition coefficient (Wildman–Crippen LogP) is 3.33. The molecule has 1 amide bonds. The van der Waals surface area contributed by atoms with E-state index in [2.05, 4.69) is 46.4 Å². The lowest BCUT2D eigenvalue weighted by atomic mass is 10.0. The number of nitrogens with zero attached hydrogens (tertiary/aromatic N) is 2. The van der Waals surface area contributed by atoms with Gasteiger partial charge in [0.2, 0.25) is 0 Å². The third-order valence-electron chi connectivity index (χ3n) is 3.84. The Labute approximate surface area is 142 Å². The Kier molecular flexibility index (Phi) is 6.13. The van der Waals surface area contributed by atoms with Crippen LogP contribution in [0, 0.1) is 0 Å². The van der Waals surface area contributed by atoms with Crippen molar-refractivity contribution in [1.29, 1.82) is 0 Å². The molecule has 0 aliphatic carbocycles. The van der Waals surface area contributed by atoms with Crippen molar-refractivity contribution in [2.24, 2.45) is 0 Å². The summed E-state index contributed by atoms with van der Waals surface area (Å²) in [5, 5.41) is 3.34. The summed E-state index contributed by atoms with van der Waals surface area (Å²) in [5.74, 6) is -0.147. The van der Waals surface area contributed by atoms with Crippen LogP contribution in [0.4, 0.5) is 0 Å². The van der Waals surface area contributed by atoms with Gasteiger partial charge >= 0.3 is 0 Å². The number of aromatic nitrogens is 1. The number of pyridine rings is 1. The molecule has 0 aliphatic rings. The van der Waals surface area contributed by atoms with Gasteiger partial charge in [0, 0.05) is 12.7 Å². The van der Waals surface area contributed by atoms with Crippen LogP contribution in [-0.2, 0) is 6.42 Å². The van der Waals surface area contributed by atoms with Crippen LogP contribution < -0.4 is 5.32 Å². The number of likely N-dealkylation sites (N-methyl/N-ethyl adjacent to an activating group) is 1. The maximum atomic E-state index is 12.2. The van der Waals surface area contributed by atoms with Crippen LogP contribution in [-0.4, -0.2) is 36.4 Å². The molecular weight excluding hydrogens is 310 g/mol. The molecule has 0 saturated heterocycles. The molecule has 0 radical (unpaired) electrons. The third kappa shape index (κ3) is 4.78. The van der Waals surface area contributed by atoms with Crippen molar-refractivity contribution in [3.63, 3.8) is 0 Å². The van der Waals surface area contributed by atoms with E-state index in [1.165, 1.54) is 17.3 Å². The second-order valence-electron chi connectivity index (χ2n) is 5.65. The number of hydrogen-bond donors (Lipinski definition) is 1. The zero-order valence-corrected chi connectivity index (χ0v) is 14.5. The van der Waals surface area contributed by atoms with E-state index in [0.29, 0.717) is 17.3 Å². The minimum absolute atomic E-state index is 0.116. The molecule has 5 heteroatoms. The maximum absolute atomic E-state index is 12.2. The van der Waals surface area contributed by atoms with E-state index < -0.39 is 0 Å². The molecule has 23 heavy (non-hydrogen) atoms. The molecule has 1 unspecified atom stereocenters. The van der Waals surface area contributed by atoms with Crippen molar-refractivity contribution < 1.29 is 4.79 Å². The van der Waals surface area contributed by atoms with Crippen molar-refractivity contribution in [1.82, 2.24) is 15.2 Å². The van der Waals surface area contributed by atoms with Gasteiger partial charge in [0.1, 0.15) is 5.15 Å². The zero-order chi connectivity index (χ0) is 16.8. The molecule has 2 rings (SSSR count). The number of carbonyl (C=O) groups is 1. The fourth-order valence-corrected chi connectivity index (χ4v) is 2.49. The lowest BCUT2D eigenvalue weighted by Gasteiger charge is -2.25. The number of aryl methyl sites for hydroxylation is 1. The van der Waals surface area contributed by atoms with Gasteiger partial charge in [0.15, 0.2) is 0 Å². The van der Waals surface area contributed by atoms with Gasteiger partial charge in [-0.1, -0.05) is 42.8 Å². The van der Waals surface area contributed by atoms with E-state index in [1.807, 2.05) is 14.1 Å². The first-order valence-corrected chi connectivity index (χ1v) is 8.04. The third-order valence-corrected chi connectivity index (χ3v) is 4.07. The average molecular weight is 332 g/mol. The maximum Gasteiger partial charge on any atom is 0.252 e. The topological polar surface area (TPSA) is 45.2 Å². The first kappa shape index (κ1) is 17.4. The smallest absolute Gasteiger partial charge is 0.252 e. The molecular formula is C18H22ClN3O. The minimum atomic E-state index is -0.147. The second-order valence-corrected chi connectivity index (χ2v) is 6.04. The molecule has 0 fully saturated rings. The van der Waals surface area contributed by atoms with Crippen LogP contribution in [0.3, 0.4) is 0 Å². The summed E-state index contributed by atoms with van der Waals surface area (Å²) in [5.41, 5.74) is 3.00. The first-order chi connectivity index (χ1) is 11.0. The quantitative estimate of drug-likeness (QED) is 0.826. The van der Waals surface area contributed by atoms with Gasteiger partial charge in [0.25, 0.3) is 5.91 Å². The highest BCUT2D eigenvalue weighted by molar-refractivity contribution is 6.29. The van der Waals surface area contributed by atoms with Crippen molar-refractivity contribution in [3.05, 3.63) is 64.4 Å². The molecule has 2 aromatic rings. The fraction of sp³-hybridized carbons (Fsp3) is 0.333. The summed E-state index contributed by atoms with van der Waals surface area (Å²) >= 11 is 5.74. The van der Waals surface area contributed by atoms with Gasteiger partial charge in [-0.3, -0.25) is 4.79 Å². The fourth-order valence-electron chi connectivity index (χ4n) is 2.38. The lowest BCUT2D eigenvalue weighted by Crippen LogP contribution is -2.34. The molecule has 1 heterocycles. The van der Waals surface area contributed by atoms with E-state index in [0.717, 1.165) is 6.42 Å². The van der Waals surface area contributed by atoms with Gasteiger partial charge in [-0.15, -0.1) is 0 Å². The number of benzene rings is 1. The number of halogens is 1. The average Bonchev–Trinajstić information content (AvgIpc) is 2.55. The molecule has 1 atom stereocenters. The summed E-state index contributed by atoms with van der Waals surface area (Å²) in [6.07, 6.45) is 2.51. The highest BCUT2D eigenvalue weighted by Crippen LogP contribution is 2.18. The summed E-state index contributed by atoms with van der Waals surface area (Å²) in [7, 11) is 4.02. The highest BCUT2D eigenvalue weighted by Gasteiger charge is 2.16. The van der Waals surface area contributed by atoms with E-state index in [-0.39, 0.29) is 11.9 Å². The SMILES string of the molecule is CCc1ccc(C(CNC(=O)c2ccc(Cl)nc2)N(C)C)cc1. The van der Waals surface area contributed by atoms with Gasteiger partial charge in [-0.2, -0.15) is 0 Å². The van der Waals surface area contributed by atoms with Crippen LogP contribution in [0.25, 0.3) is 0 Å². The van der Waals surface area contributed by atoms with Crippen molar-refractivity contribution in [2.45, 2.75) is 19.4 Å². The molecule has 4 nitrogen and oxygen atoms in total. The first-order valence-electron chi connectivity index (χ1n) is 7.66. The van der Waals surface area contributed by atoms with Gasteiger partial charge < -0.3 is 10.2 Å². The molecule has 0 saturated carbocycles. The summed E-state index contributed by atoms with van der Waals surface area (Å²) in [6, 6.07) is 11.9. The van der Waals surface area contributed by atoms with Crippen LogP contribution >= 0.6 is 11.6 Å². The Bertz CT molecular complexity index is 638. The van der Waals surface area contributed by atoms with E-state index in [9.17, 15) is 4.79 Å². The Morgan fingerprint density at radius 3 is 2.43 bits per heavy atom. The molecule has 122 valence electrons. The largest absolute Gasteiger partial charge is 0.350 e. The van der Waals surface area contributed by atoms with Gasteiger partial charge in [-0.25, -0.2) is 4.98 Å². The van der Waals surface area contributed by atoms with Crippen LogP contribution in [0.5, 0.6) is 0 Å². The second kappa shape index (κ2) is 8.09. The van der Waals surface area contributed by atoms with Crippen LogP contribution in [0.15, 0.2) is 42.6 Å². The number of carbonyl (C=O) groups excluding carboxylic acids is 1. The summed E-state index contributed by atoms with van der Waals surface area (Å²) < 4.78 is 0. The Hall–Kier alpha value is -1.91. The Morgan fingerprint density at radius 2 is 1.91 bits per heavy atom. The number of rotatable bonds is 6. The number of amides is 1. The van der Waals surface area contributed by atoms with Gasteiger partial charge in [0.05, 0.1) is 11.6 Å². The Balaban J connectivity index is 2.04. The zero-order valence-electron chi connectivity index (χ0n) is 13.7. The monoisotopic (exact) mass is 331 g/mol. The van der Waals surface area contributed by atoms with E-state index in [1.54, 1.807) is 12.1 Å². The van der Waals surface area contributed by atoms with Crippen molar-refractivity contribution in [3.8, 4) is 0 Å². The van der Waals surface area contributed by atoms with E-state index >= 15 is 0 Å². The predicted molar refractivity (Wildman–Crippen MR) is 93.8 cm³/mol. The molecule has 0 aliphatic heterocycles. The standard InChI is InChI=1S/C18H22ClN3O/c1-4-13-5-7-14(8-6-13)16(22(2)3)12-21-18(23)15-9-10-17(19)20-11-15/h5-11,16H,4,12H2,1-3H3,(H,21,23).